The van der Waals surface area contributed by atoms with E-state index in [4.69, 9.17) is 5.73 Å². The first-order valence-corrected chi connectivity index (χ1v) is 8.32. The minimum Gasteiger partial charge on any atom is -0.329 e. The molecule has 19 heavy (non-hydrogen) atoms. The van der Waals surface area contributed by atoms with Crippen molar-refractivity contribution in [3.05, 3.63) is 35.9 Å². The second-order valence-electron chi connectivity index (χ2n) is 5.34. The molecule has 0 amide bonds. The number of hydrogen-bond acceptors (Lipinski definition) is 3. The normalized spacial score (nSPS) is 18.9. The summed E-state index contributed by atoms with van der Waals surface area (Å²) in [6.45, 7) is 0.400. The summed E-state index contributed by atoms with van der Waals surface area (Å²) in [6, 6.07) is 9.29. The molecule has 1 fully saturated rings. The van der Waals surface area contributed by atoms with E-state index in [1.165, 1.54) is 4.31 Å². The van der Waals surface area contributed by atoms with Gasteiger partial charge < -0.3 is 5.73 Å². The molecule has 1 aliphatic carbocycles. The highest BCUT2D eigenvalue weighted by Crippen LogP contribution is 2.35. The van der Waals surface area contributed by atoms with Crippen molar-refractivity contribution in [3.63, 3.8) is 0 Å². The highest BCUT2D eigenvalue weighted by atomic mass is 32.2. The van der Waals surface area contributed by atoms with Gasteiger partial charge in [0.2, 0.25) is 10.0 Å². The Morgan fingerprint density at radius 3 is 2.32 bits per heavy atom. The third-order valence-corrected chi connectivity index (χ3v) is 6.11. The quantitative estimate of drug-likeness (QED) is 0.894. The Morgan fingerprint density at radius 1 is 1.21 bits per heavy atom. The summed E-state index contributed by atoms with van der Waals surface area (Å²) < 4.78 is 26.6. The first-order chi connectivity index (χ1) is 9.00. The lowest BCUT2D eigenvalue weighted by atomic mass is 9.98. The average Bonchev–Trinajstić information content (AvgIpc) is 2.88. The molecule has 0 bridgehead atoms. The number of sulfonamides is 1. The van der Waals surface area contributed by atoms with Crippen molar-refractivity contribution in [1.29, 1.82) is 0 Å². The largest absolute Gasteiger partial charge is 0.329 e. The fourth-order valence-corrected chi connectivity index (χ4v) is 4.51. The highest BCUT2D eigenvalue weighted by Gasteiger charge is 2.41. The molecule has 2 rings (SSSR count). The molecule has 0 heterocycles. The maximum absolute atomic E-state index is 12.5. The standard InChI is InChI=1S/C14H22N2O2S/c1-16(14(12-15)9-5-6-10-14)19(17,18)11-13-7-3-2-4-8-13/h2-4,7-8H,5-6,9-12,15H2,1H3. The van der Waals surface area contributed by atoms with Gasteiger partial charge in [0.25, 0.3) is 0 Å². The number of benzene rings is 1. The van der Waals surface area contributed by atoms with Gasteiger partial charge in [-0.15, -0.1) is 0 Å². The van der Waals surface area contributed by atoms with Crippen LogP contribution in [0.15, 0.2) is 30.3 Å². The van der Waals surface area contributed by atoms with Crippen LogP contribution in [0.4, 0.5) is 0 Å². The lowest BCUT2D eigenvalue weighted by Gasteiger charge is -2.36. The van der Waals surface area contributed by atoms with Gasteiger partial charge in [-0.2, -0.15) is 4.31 Å². The van der Waals surface area contributed by atoms with E-state index in [-0.39, 0.29) is 11.3 Å². The minimum absolute atomic E-state index is 0.0477. The van der Waals surface area contributed by atoms with E-state index in [1.54, 1.807) is 7.05 Å². The Morgan fingerprint density at radius 2 is 1.79 bits per heavy atom. The number of rotatable bonds is 5. The molecule has 1 aromatic rings. The molecule has 0 saturated heterocycles. The topological polar surface area (TPSA) is 63.4 Å². The van der Waals surface area contributed by atoms with Crippen LogP contribution in [0.2, 0.25) is 0 Å². The van der Waals surface area contributed by atoms with Gasteiger partial charge in [0, 0.05) is 19.1 Å². The number of hydrogen-bond donors (Lipinski definition) is 1. The fraction of sp³-hybridized carbons (Fsp3) is 0.571. The third kappa shape index (κ3) is 2.99. The Labute approximate surface area is 115 Å². The van der Waals surface area contributed by atoms with Crippen molar-refractivity contribution < 1.29 is 8.42 Å². The molecular formula is C14H22N2O2S. The molecule has 5 heteroatoms. The van der Waals surface area contributed by atoms with Gasteiger partial charge in [0.1, 0.15) is 0 Å². The van der Waals surface area contributed by atoms with E-state index in [0.717, 1.165) is 31.2 Å². The van der Waals surface area contributed by atoms with Gasteiger partial charge in [0.15, 0.2) is 0 Å². The fourth-order valence-electron chi connectivity index (χ4n) is 2.86. The number of nitrogens with zero attached hydrogens (tertiary/aromatic N) is 1. The second-order valence-corrected chi connectivity index (χ2v) is 7.35. The van der Waals surface area contributed by atoms with Crippen molar-refractivity contribution in [2.75, 3.05) is 13.6 Å². The monoisotopic (exact) mass is 282 g/mol. The zero-order chi connectivity index (χ0) is 13.9. The van der Waals surface area contributed by atoms with Crippen LogP contribution in [0.25, 0.3) is 0 Å². The van der Waals surface area contributed by atoms with Crippen molar-refractivity contribution in [2.45, 2.75) is 37.0 Å². The molecule has 1 saturated carbocycles. The lowest BCUT2D eigenvalue weighted by Crippen LogP contribution is -2.52. The Hall–Kier alpha value is -0.910. The van der Waals surface area contributed by atoms with Gasteiger partial charge >= 0.3 is 0 Å². The highest BCUT2D eigenvalue weighted by molar-refractivity contribution is 7.88. The van der Waals surface area contributed by atoms with Crippen LogP contribution in [-0.2, 0) is 15.8 Å². The SMILES string of the molecule is CN(C1(CN)CCCC1)S(=O)(=O)Cc1ccccc1. The Bertz CT molecular complexity index is 508. The molecule has 4 nitrogen and oxygen atoms in total. The second kappa shape index (κ2) is 5.61. The summed E-state index contributed by atoms with van der Waals surface area (Å²) >= 11 is 0. The van der Waals surface area contributed by atoms with Crippen LogP contribution in [0.3, 0.4) is 0 Å². The van der Waals surface area contributed by atoms with Crippen LogP contribution in [0.1, 0.15) is 31.2 Å². The summed E-state index contributed by atoms with van der Waals surface area (Å²) in [5.74, 6) is 0.0477. The van der Waals surface area contributed by atoms with Gasteiger partial charge in [-0.1, -0.05) is 43.2 Å². The molecule has 0 unspecified atom stereocenters. The summed E-state index contributed by atoms with van der Waals surface area (Å²) in [4.78, 5) is 0. The Balaban J connectivity index is 2.19. The van der Waals surface area contributed by atoms with Gasteiger partial charge in [-0.3, -0.25) is 0 Å². The first kappa shape index (κ1) is 14.5. The van der Waals surface area contributed by atoms with Crippen LogP contribution >= 0.6 is 0 Å². The number of likely N-dealkylation sites (N-methyl/N-ethyl adjacent to an activating group) is 1. The third-order valence-electron chi connectivity index (χ3n) is 4.19. The van der Waals surface area contributed by atoms with E-state index in [0.29, 0.717) is 6.54 Å². The smallest absolute Gasteiger partial charge is 0.218 e. The molecule has 0 spiro atoms. The van der Waals surface area contributed by atoms with Gasteiger partial charge in [0.05, 0.1) is 5.75 Å². The predicted octanol–water partition coefficient (Wildman–Crippen LogP) is 1.72. The first-order valence-electron chi connectivity index (χ1n) is 6.71. The summed E-state index contributed by atoms with van der Waals surface area (Å²) in [6.07, 6.45) is 3.85. The molecule has 1 aliphatic rings. The van der Waals surface area contributed by atoms with Gasteiger partial charge in [-0.05, 0) is 18.4 Å². The molecule has 0 atom stereocenters. The molecule has 106 valence electrons. The van der Waals surface area contributed by atoms with Gasteiger partial charge in [-0.25, -0.2) is 8.42 Å². The van der Waals surface area contributed by atoms with Crippen molar-refractivity contribution >= 4 is 10.0 Å². The summed E-state index contributed by atoms with van der Waals surface area (Å²) in [5, 5.41) is 0. The van der Waals surface area contributed by atoms with Crippen molar-refractivity contribution in [2.24, 2.45) is 5.73 Å². The maximum Gasteiger partial charge on any atom is 0.218 e. The number of nitrogens with two attached hydrogens (primary N) is 1. The summed E-state index contributed by atoms with van der Waals surface area (Å²) in [7, 11) is -1.64. The van der Waals surface area contributed by atoms with E-state index < -0.39 is 10.0 Å². The predicted molar refractivity (Wildman–Crippen MR) is 77.1 cm³/mol. The van der Waals surface area contributed by atoms with Crippen LogP contribution in [0, 0.1) is 0 Å². The molecular weight excluding hydrogens is 260 g/mol. The zero-order valence-corrected chi connectivity index (χ0v) is 12.2. The molecule has 0 aromatic heterocycles. The molecule has 0 aliphatic heterocycles. The van der Waals surface area contributed by atoms with Crippen LogP contribution in [-0.4, -0.2) is 31.9 Å². The lowest BCUT2D eigenvalue weighted by molar-refractivity contribution is 0.230. The van der Waals surface area contributed by atoms with E-state index in [2.05, 4.69) is 0 Å². The Kier molecular flexibility index (Phi) is 4.28. The van der Waals surface area contributed by atoms with Crippen molar-refractivity contribution in [1.82, 2.24) is 4.31 Å². The van der Waals surface area contributed by atoms with E-state index >= 15 is 0 Å². The molecule has 0 radical (unpaired) electrons. The van der Waals surface area contributed by atoms with E-state index in [9.17, 15) is 8.42 Å². The average molecular weight is 282 g/mol. The summed E-state index contributed by atoms with van der Waals surface area (Å²) in [5.41, 5.74) is 6.31. The van der Waals surface area contributed by atoms with E-state index in [1.807, 2.05) is 30.3 Å². The van der Waals surface area contributed by atoms with Crippen LogP contribution < -0.4 is 5.73 Å². The van der Waals surface area contributed by atoms with Crippen molar-refractivity contribution in [3.8, 4) is 0 Å². The maximum atomic E-state index is 12.5. The van der Waals surface area contributed by atoms with Crippen LogP contribution in [0.5, 0.6) is 0 Å². The zero-order valence-electron chi connectivity index (χ0n) is 11.4. The molecule has 2 N–H and O–H groups in total. The minimum atomic E-state index is -3.31. The molecule has 1 aromatic carbocycles.